The van der Waals surface area contributed by atoms with Crippen LogP contribution in [0.1, 0.15) is 33.1 Å². The molecule has 1 atom stereocenters. The highest BCUT2D eigenvalue weighted by Gasteiger charge is 2.30. The third kappa shape index (κ3) is 4.09. The Bertz CT molecular complexity index is 941. The van der Waals surface area contributed by atoms with Gasteiger partial charge in [0.25, 0.3) is 5.91 Å². The van der Waals surface area contributed by atoms with E-state index in [1.54, 1.807) is 13.3 Å². The molecule has 146 valence electrons. The summed E-state index contributed by atoms with van der Waals surface area (Å²) in [4.78, 5) is 21.6. The zero-order valence-electron chi connectivity index (χ0n) is 16.1. The molecule has 2 aromatic heterocycles. The first-order valence-electron chi connectivity index (χ1n) is 9.67. The summed E-state index contributed by atoms with van der Waals surface area (Å²) in [5, 5.41) is 4.10. The Morgan fingerprint density at radius 3 is 2.96 bits per heavy atom. The lowest BCUT2D eigenvalue weighted by Crippen LogP contribution is -2.27. The van der Waals surface area contributed by atoms with E-state index in [2.05, 4.69) is 51.6 Å². The van der Waals surface area contributed by atoms with Gasteiger partial charge in [-0.1, -0.05) is 36.4 Å². The lowest BCUT2D eigenvalue weighted by molar-refractivity contribution is 0.0940. The molecule has 1 N–H and O–H groups in total. The van der Waals surface area contributed by atoms with Crippen molar-refractivity contribution < 1.29 is 9.53 Å². The minimum absolute atomic E-state index is 0.0171. The van der Waals surface area contributed by atoms with E-state index in [1.165, 1.54) is 22.5 Å². The fraction of sp³-hybridized carbons (Fsp3) is 0.364. The van der Waals surface area contributed by atoms with Crippen molar-refractivity contribution in [2.24, 2.45) is 0 Å². The van der Waals surface area contributed by atoms with E-state index >= 15 is 0 Å². The summed E-state index contributed by atoms with van der Waals surface area (Å²) >= 11 is 1.50. The van der Waals surface area contributed by atoms with Crippen LogP contribution >= 0.6 is 11.3 Å². The number of pyridine rings is 1. The number of benzene rings is 1. The summed E-state index contributed by atoms with van der Waals surface area (Å²) in [6.45, 7) is 3.99. The molecule has 0 radical (unpaired) electrons. The van der Waals surface area contributed by atoms with Gasteiger partial charge in [0.1, 0.15) is 4.83 Å². The maximum Gasteiger partial charge on any atom is 0.261 e. The summed E-state index contributed by atoms with van der Waals surface area (Å²) in [6, 6.07) is 14.6. The maximum atomic E-state index is 12.8. The minimum atomic E-state index is -0.0171. The standard InChI is InChI=1S/C22H25N3O2S/c1-27-13-11-23-21(26)20-19(18-8-5-10-24-22(18)28-20)17-9-12-25(15-17)14-16-6-3-2-4-7-16/h2-8,10,17H,9,11-15H2,1H3,(H,23,26)/t17-/m1/s1. The second-order valence-electron chi connectivity index (χ2n) is 7.16. The summed E-state index contributed by atoms with van der Waals surface area (Å²) in [5.74, 6) is 0.335. The Morgan fingerprint density at radius 2 is 2.14 bits per heavy atom. The van der Waals surface area contributed by atoms with Gasteiger partial charge in [-0.15, -0.1) is 11.3 Å². The molecule has 1 aliphatic heterocycles. The Balaban J connectivity index is 1.57. The van der Waals surface area contributed by atoms with Gasteiger partial charge in [0.15, 0.2) is 0 Å². The highest BCUT2D eigenvalue weighted by atomic mass is 32.1. The summed E-state index contributed by atoms with van der Waals surface area (Å²) < 4.78 is 5.06. The molecule has 0 bridgehead atoms. The van der Waals surface area contributed by atoms with E-state index in [-0.39, 0.29) is 5.91 Å². The number of carbonyl (C=O) groups excluding carboxylic acids is 1. The van der Waals surface area contributed by atoms with E-state index in [0.29, 0.717) is 19.1 Å². The van der Waals surface area contributed by atoms with Crippen molar-refractivity contribution in [2.75, 3.05) is 33.4 Å². The fourth-order valence-electron chi connectivity index (χ4n) is 3.93. The second-order valence-corrected chi connectivity index (χ2v) is 8.16. The van der Waals surface area contributed by atoms with Gasteiger partial charge in [0.2, 0.25) is 0 Å². The monoisotopic (exact) mass is 395 g/mol. The van der Waals surface area contributed by atoms with Gasteiger partial charge < -0.3 is 10.1 Å². The van der Waals surface area contributed by atoms with Crippen molar-refractivity contribution in [3.8, 4) is 0 Å². The van der Waals surface area contributed by atoms with Crippen LogP contribution in [0, 0.1) is 0 Å². The molecule has 0 spiro atoms. The van der Waals surface area contributed by atoms with Gasteiger partial charge in [-0.05, 0) is 30.2 Å². The Labute approximate surface area is 169 Å². The smallest absolute Gasteiger partial charge is 0.261 e. The maximum absolute atomic E-state index is 12.8. The lowest BCUT2D eigenvalue weighted by Gasteiger charge is -2.17. The molecule has 1 amide bonds. The number of nitrogens with zero attached hydrogens (tertiary/aromatic N) is 2. The molecule has 0 aliphatic carbocycles. The number of rotatable bonds is 7. The van der Waals surface area contributed by atoms with Crippen molar-refractivity contribution in [3.05, 3.63) is 64.7 Å². The summed E-state index contributed by atoms with van der Waals surface area (Å²) in [7, 11) is 1.64. The molecule has 4 rings (SSSR count). The van der Waals surface area contributed by atoms with E-state index in [9.17, 15) is 4.79 Å². The van der Waals surface area contributed by atoms with Crippen LogP contribution in [0.5, 0.6) is 0 Å². The van der Waals surface area contributed by atoms with Gasteiger partial charge >= 0.3 is 0 Å². The van der Waals surface area contributed by atoms with E-state index in [1.807, 2.05) is 6.07 Å². The van der Waals surface area contributed by atoms with Crippen molar-refractivity contribution in [3.63, 3.8) is 0 Å². The molecule has 1 saturated heterocycles. The largest absolute Gasteiger partial charge is 0.383 e. The van der Waals surface area contributed by atoms with Gasteiger partial charge in [-0.2, -0.15) is 0 Å². The number of thiophene rings is 1. The van der Waals surface area contributed by atoms with E-state index in [0.717, 1.165) is 41.1 Å². The Kier molecular flexibility index (Phi) is 6.00. The van der Waals surface area contributed by atoms with Crippen molar-refractivity contribution in [1.82, 2.24) is 15.2 Å². The van der Waals surface area contributed by atoms with Crippen molar-refractivity contribution in [2.45, 2.75) is 18.9 Å². The van der Waals surface area contributed by atoms with Crippen LogP contribution in [-0.2, 0) is 11.3 Å². The quantitative estimate of drug-likeness (QED) is 0.621. The average molecular weight is 396 g/mol. The molecule has 28 heavy (non-hydrogen) atoms. The molecule has 3 heterocycles. The number of carbonyl (C=O) groups is 1. The Morgan fingerprint density at radius 1 is 1.29 bits per heavy atom. The SMILES string of the molecule is COCCNC(=O)c1sc2ncccc2c1[C@@H]1CCN(Cc2ccccc2)C1. The molecule has 6 heteroatoms. The molecule has 1 fully saturated rings. The van der Waals surface area contributed by atoms with Crippen LogP contribution in [0.15, 0.2) is 48.7 Å². The van der Waals surface area contributed by atoms with Crippen LogP contribution in [0.3, 0.4) is 0 Å². The molecule has 0 saturated carbocycles. The third-order valence-corrected chi connectivity index (χ3v) is 6.36. The zero-order chi connectivity index (χ0) is 19.3. The van der Waals surface area contributed by atoms with Gasteiger partial charge in [-0.25, -0.2) is 4.98 Å². The number of hydrogen-bond acceptors (Lipinski definition) is 5. The average Bonchev–Trinajstić information content (AvgIpc) is 3.33. The molecule has 5 nitrogen and oxygen atoms in total. The van der Waals surface area contributed by atoms with E-state index in [4.69, 9.17) is 4.74 Å². The highest BCUT2D eigenvalue weighted by Crippen LogP contribution is 2.39. The molecule has 1 aliphatic rings. The second kappa shape index (κ2) is 8.82. The van der Waals surface area contributed by atoms with Gasteiger partial charge in [0.05, 0.1) is 11.5 Å². The van der Waals surface area contributed by atoms with Crippen molar-refractivity contribution >= 4 is 27.5 Å². The van der Waals surface area contributed by atoms with Crippen LogP contribution in [-0.4, -0.2) is 49.1 Å². The molecule has 1 aromatic carbocycles. The first kappa shape index (κ1) is 19.1. The number of hydrogen-bond donors (Lipinski definition) is 1. The molecular formula is C22H25N3O2S. The summed E-state index contributed by atoms with van der Waals surface area (Å²) in [5.41, 5.74) is 2.50. The van der Waals surface area contributed by atoms with Gasteiger partial charge in [0, 0.05) is 44.2 Å². The number of likely N-dealkylation sites (tertiary alicyclic amines) is 1. The first-order valence-corrected chi connectivity index (χ1v) is 10.5. The first-order chi connectivity index (χ1) is 13.8. The van der Waals surface area contributed by atoms with Crippen LogP contribution in [0.25, 0.3) is 10.2 Å². The summed E-state index contributed by atoms with van der Waals surface area (Å²) in [6.07, 6.45) is 2.86. The number of amides is 1. The minimum Gasteiger partial charge on any atom is -0.383 e. The number of fused-ring (bicyclic) bond motifs is 1. The normalized spacial score (nSPS) is 17.2. The fourth-order valence-corrected chi connectivity index (χ4v) is 5.07. The third-order valence-electron chi connectivity index (χ3n) is 5.23. The number of aromatic nitrogens is 1. The number of methoxy groups -OCH3 is 1. The van der Waals surface area contributed by atoms with Crippen molar-refractivity contribution in [1.29, 1.82) is 0 Å². The molecule has 0 unspecified atom stereocenters. The predicted octanol–water partition coefficient (Wildman–Crippen LogP) is 3.66. The van der Waals surface area contributed by atoms with E-state index < -0.39 is 0 Å². The molecular weight excluding hydrogens is 370 g/mol. The molecule has 3 aromatic rings. The number of ether oxygens (including phenoxy) is 1. The zero-order valence-corrected chi connectivity index (χ0v) is 16.9. The highest BCUT2D eigenvalue weighted by molar-refractivity contribution is 7.20. The topological polar surface area (TPSA) is 54.5 Å². The number of nitrogens with one attached hydrogen (secondary N) is 1. The van der Waals surface area contributed by atoms with Gasteiger partial charge in [-0.3, -0.25) is 9.69 Å². The lowest BCUT2D eigenvalue weighted by atomic mass is 9.95. The Hall–Kier alpha value is -2.28. The van der Waals surface area contributed by atoms with Crippen LogP contribution in [0.2, 0.25) is 0 Å². The van der Waals surface area contributed by atoms with Crippen LogP contribution in [0.4, 0.5) is 0 Å². The van der Waals surface area contributed by atoms with Crippen LogP contribution < -0.4 is 5.32 Å². The predicted molar refractivity (Wildman–Crippen MR) is 113 cm³/mol.